The van der Waals surface area contributed by atoms with E-state index in [1.807, 2.05) is 24.4 Å². The molecule has 1 atom stereocenters. The first kappa shape index (κ1) is 14.1. The summed E-state index contributed by atoms with van der Waals surface area (Å²) in [6, 6.07) is 3.45. The van der Waals surface area contributed by atoms with E-state index in [0.29, 0.717) is 6.42 Å². The van der Waals surface area contributed by atoms with Gasteiger partial charge in [-0.15, -0.1) is 11.3 Å². The summed E-state index contributed by atoms with van der Waals surface area (Å²) in [5.74, 6) is -1.50. The Morgan fingerprint density at radius 1 is 1.59 bits per heavy atom. The van der Waals surface area contributed by atoms with Gasteiger partial charge in [0, 0.05) is 4.88 Å². The number of thiophene rings is 1. The molecule has 0 spiro atoms. The second kappa shape index (κ2) is 6.13. The lowest BCUT2D eigenvalue weighted by Gasteiger charge is -2.15. The fourth-order valence-electron chi connectivity index (χ4n) is 1.33. The van der Waals surface area contributed by atoms with Gasteiger partial charge in [0.25, 0.3) is 0 Å². The Kier molecular flexibility index (Phi) is 5.10. The zero-order chi connectivity index (χ0) is 12.9. The minimum absolute atomic E-state index is 0.270. The first-order chi connectivity index (χ1) is 7.94. The molecule has 1 aromatic rings. The maximum atomic E-state index is 11.6. The Morgan fingerprint density at radius 2 is 2.29 bits per heavy atom. The molecule has 2 N–H and O–H groups in total. The molecule has 0 fully saturated rings. The lowest BCUT2D eigenvalue weighted by molar-refractivity contribution is -0.136. The zero-order valence-corrected chi connectivity index (χ0v) is 11.1. The number of aliphatic carboxylic acids is 1. The third-order valence-corrected chi connectivity index (χ3v) is 4.57. The van der Waals surface area contributed by atoms with Crippen LogP contribution >= 0.6 is 11.3 Å². The van der Waals surface area contributed by atoms with Crippen LogP contribution in [0.3, 0.4) is 0 Å². The molecule has 0 amide bonds. The summed E-state index contributed by atoms with van der Waals surface area (Å²) in [5, 5.41) is 10.3. The number of hydrogen-bond acceptors (Lipinski definition) is 4. The highest BCUT2D eigenvalue weighted by Gasteiger charge is 2.19. The Bertz CT molecular complexity index is 453. The minimum Gasteiger partial charge on any atom is -0.481 e. The number of rotatable bonds is 7. The van der Waals surface area contributed by atoms with Gasteiger partial charge in [-0.25, -0.2) is 13.1 Å². The molecule has 0 aromatic carbocycles. The minimum atomic E-state index is -3.54. The zero-order valence-electron chi connectivity index (χ0n) is 9.42. The van der Waals surface area contributed by atoms with Gasteiger partial charge < -0.3 is 5.11 Å². The van der Waals surface area contributed by atoms with Crippen molar-refractivity contribution in [1.82, 2.24) is 4.72 Å². The number of carboxylic acids is 1. The smallest absolute Gasteiger partial charge is 0.304 e. The largest absolute Gasteiger partial charge is 0.481 e. The molecule has 0 radical (unpaired) electrons. The van der Waals surface area contributed by atoms with E-state index < -0.39 is 16.0 Å². The Labute approximate surface area is 105 Å². The summed E-state index contributed by atoms with van der Waals surface area (Å²) in [5.41, 5.74) is 0. The van der Waals surface area contributed by atoms with Crippen molar-refractivity contribution >= 4 is 27.3 Å². The Hall–Kier alpha value is -0.920. The fraction of sp³-hybridized carbons (Fsp3) is 0.500. The van der Waals surface area contributed by atoms with Gasteiger partial charge in [0.1, 0.15) is 0 Å². The molecule has 1 aromatic heterocycles. The Balaban J connectivity index is 2.65. The van der Waals surface area contributed by atoms with Crippen LogP contribution in [0.5, 0.6) is 0 Å². The molecular weight excluding hydrogens is 262 g/mol. The second-order valence-electron chi connectivity index (χ2n) is 3.56. The molecule has 1 unspecified atom stereocenters. The molecule has 1 heterocycles. The van der Waals surface area contributed by atoms with Gasteiger partial charge in [-0.05, 0) is 17.9 Å². The van der Waals surface area contributed by atoms with Gasteiger partial charge >= 0.3 is 5.97 Å². The quantitative estimate of drug-likeness (QED) is 0.793. The van der Waals surface area contributed by atoms with Crippen molar-refractivity contribution in [3.63, 3.8) is 0 Å². The van der Waals surface area contributed by atoms with E-state index in [2.05, 4.69) is 4.72 Å². The van der Waals surface area contributed by atoms with Crippen LogP contribution in [0.15, 0.2) is 17.5 Å². The maximum absolute atomic E-state index is 11.6. The predicted molar refractivity (Wildman–Crippen MR) is 66.5 cm³/mol. The van der Waals surface area contributed by atoms with E-state index in [9.17, 15) is 13.2 Å². The van der Waals surface area contributed by atoms with Crippen molar-refractivity contribution in [3.8, 4) is 0 Å². The normalized spacial score (nSPS) is 13.5. The van der Waals surface area contributed by atoms with Crippen molar-refractivity contribution < 1.29 is 18.3 Å². The molecule has 17 heavy (non-hydrogen) atoms. The van der Waals surface area contributed by atoms with Crippen LogP contribution in [-0.2, 0) is 14.8 Å². The van der Waals surface area contributed by atoms with Gasteiger partial charge in [0.15, 0.2) is 0 Å². The fourth-order valence-corrected chi connectivity index (χ4v) is 3.55. The number of carboxylic acid groups (broad SMARTS) is 1. The number of sulfonamides is 1. The number of carbonyl (C=O) groups is 1. The molecule has 0 saturated heterocycles. The second-order valence-corrected chi connectivity index (χ2v) is 6.41. The molecule has 0 aliphatic heterocycles. The summed E-state index contributed by atoms with van der Waals surface area (Å²) in [6.07, 6.45) is 0.253. The molecule has 0 aliphatic carbocycles. The third kappa shape index (κ3) is 4.84. The van der Waals surface area contributed by atoms with Crippen molar-refractivity contribution in [2.75, 3.05) is 5.75 Å². The summed E-state index contributed by atoms with van der Waals surface area (Å²) in [4.78, 5) is 11.3. The Morgan fingerprint density at radius 3 is 2.76 bits per heavy atom. The van der Waals surface area contributed by atoms with E-state index in [0.717, 1.165) is 4.88 Å². The predicted octanol–water partition coefficient (Wildman–Crippen LogP) is 1.59. The van der Waals surface area contributed by atoms with Crippen LogP contribution in [0.1, 0.15) is 30.7 Å². The summed E-state index contributed by atoms with van der Waals surface area (Å²) in [7, 11) is -3.54. The molecule has 5 nitrogen and oxygen atoms in total. The van der Waals surface area contributed by atoms with Crippen LogP contribution < -0.4 is 4.72 Å². The van der Waals surface area contributed by atoms with Crippen molar-refractivity contribution in [3.05, 3.63) is 22.4 Å². The average Bonchev–Trinajstić information content (AvgIpc) is 2.77. The van der Waals surface area contributed by atoms with E-state index >= 15 is 0 Å². The summed E-state index contributed by atoms with van der Waals surface area (Å²) < 4.78 is 25.8. The first-order valence-electron chi connectivity index (χ1n) is 5.20. The first-order valence-corrected chi connectivity index (χ1v) is 7.73. The van der Waals surface area contributed by atoms with E-state index in [1.165, 1.54) is 11.3 Å². The van der Waals surface area contributed by atoms with Crippen LogP contribution in [0.2, 0.25) is 0 Å². The molecule has 0 aliphatic rings. The van der Waals surface area contributed by atoms with Crippen LogP contribution in [0.25, 0.3) is 0 Å². The molecular formula is C10H15NO4S2. The van der Waals surface area contributed by atoms with Gasteiger partial charge in [0.05, 0.1) is 18.2 Å². The lowest BCUT2D eigenvalue weighted by Crippen LogP contribution is -2.30. The van der Waals surface area contributed by atoms with Crippen LogP contribution in [0, 0.1) is 0 Å². The van der Waals surface area contributed by atoms with Gasteiger partial charge in [-0.1, -0.05) is 13.0 Å². The van der Waals surface area contributed by atoms with Gasteiger partial charge in [-0.2, -0.15) is 0 Å². The molecule has 0 bridgehead atoms. The van der Waals surface area contributed by atoms with E-state index in [4.69, 9.17) is 5.11 Å². The monoisotopic (exact) mass is 277 g/mol. The van der Waals surface area contributed by atoms with Crippen molar-refractivity contribution in [2.24, 2.45) is 0 Å². The average molecular weight is 277 g/mol. The summed E-state index contributed by atoms with van der Waals surface area (Å²) >= 11 is 1.48. The maximum Gasteiger partial charge on any atom is 0.304 e. The highest BCUT2D eigenvalue weighted by Crippen LogP contribution is 2.22. The van der Waals surface area contributed by atoms with E-state index in [-0.39, 0.29) is 18.2 Å². The lowest BCUT2D eigenvalue weighted by atomic mass is 10.2. The SMILES string of the molecule is CCC(NS(=O)(=O)CCC(=O)O)c1cccs1. The molecule has 1 rings (SSSR count). The molecule has 96 valence electrons. The highest BCUT2D eigenvalue weighted by atomic mass is 32.2. The van der Waals surface area contributed by atoms with Crippen molar-refractivity contribution in [2.45, 2.75) is 25.8 Å². The standard InChI is InChI=1S/C10H15NO4S2/c1-2-8(9-4-3-6-16-9)11-17(14,15)7-5-10(12)13/h3-4,6,8,11H,2,5,7H2,1H3,(H,12,13). The van der Waals surface area contributed by atoms with Crippen molar-refractivity contribution in [1.29, 1.82) is 0 Å². The highest BCUT2D eigenvalue weighted by molar-refractivity contribution is 7.89. The van der Waals surface area contributed by atoms with Crippen LogP contribution in [0.4, 0.5) is 0 Å². The molecule has 0 saturated carbocycles. The van der Waals surface area contributed by atoms with E-state index in [1.54, 1.807) is 0 Å². The van der Waals surface area contributed by atoms with Gasteiger partial charge in [0.2, 0.25) is 10.0 Å². The number of hydrogen-bond donors (Lipinski definition) is 2. The molecule has 7 heteroatoms. The topological polar surface area (TPSA) is 83.5 Å². The third-order valence-electron chi connectivity index (χ3n) is 2.20. The number of nitrogens with one attached hydrogen (secondary N) is 1. The van der Waals surface area contributed by atoms with Crippen LogP contribution in [-0.4, -0.2) is 25.2 Å². The van der Waals surface area contributed by atoms with Gasteiger partial charge in [-0.3, -0.25) is 4.79 Å². The summed E-state index contributed by atoms with van der Waals surface area (Å²) in [6.45, 7) is 1.88.